The van der Waals surface area contributed by atoms with Crippen molar-refractivity contribution in [2.24, 2.45) is 0 Å². The number of hydrogen-bond donors (Lipinski definition) is 2. The third-order valence-electron chi connectivity index (χ3n) is 2.74. The lowest BCUT2D eigenvalue weighted by atomic mass is 10.2. The van der Waals surface area contributed by atoms with Gasteiger partial charge in [-0.05, 0) is 84.2 Å². The molecule has 0 saturated heterocycles. The highest BCUT2D eigenvalue weighted by atomic mass is 127. The Hall–Kier alpha value is -1.67. The molecule has 2 aromatic carbocycles. The topological polar surface area (TPSA) is 50.4 Å². The fourth-order valence-corrected chi connectivity index (χ4v) is 2.52. The molecule has 2 aromatic rings. The van der Waals surface area contributed by atoms with E-state index in [0.29, 0.717) is 12.2 Å². The third kappa shape index (κ3) is 4.96. The zero-order valence-electron chi connectivity index (χ0n) is 11.9. The third-order valence-corrected chi connectivity index (χ3v) is 3.61. The Balaban J connectivity index is 1.93. The van der Waals surface area contributed by atoms with Gasteiger partial charge in [-0.3, -0.25) is 10.1 Å². The van der Waals surface area contributed by atoms with Crippen LogP contribution in [-0.2, 0) is 0 Å². The van der Waals surface area contributed by atoms with Gasteiger partial charge in [-0.1, -0.05) is 6.07 Å². The molecule has 0 aliphatic heterocycles. The van der Waals surface area contributed by atoms with Crippen molar-refractivity contribution in [1.29, 1.82) is 0 Å². The predicted octanol–water partition coefficient (Wildman–Crippen LogP) is 3.82. The van der Waals surface area contributed by atoms with Gasteiger partial charge in [0, 0.05) is 14.8 Å². The van der Waals surface area contributed by atoms with E-state index >= 15 is 0 Å². The normalized spacial score (nSPS) is 9.91. The summed E-state index contributed by atoms with van der Waals surface area (Å²) in [6, 6.07) is 14.7. The number of hydrogen-bond acceptors (Lipinski definition) is 3. The number of benzene rings is 2. The van der Waals surface area contributed by atoms with E-state index in [2.05, 4.69) is 33.2 Å². The van der Waals surface area contributed by atoms with Crippen molar-refractivity contribution < 1.29 is 9.53 Å². The lowest BCUT2D eigenvalue weighted by molar-refractivity contribution is 0.0977. The van der Waals surface area contributed by atoms with Crippen LogP contribution in [0.2, 0.25) is 0 Å². The van der Waals surface area contributed by atoms with E-state index in [1.54, 1.807) is 12.1 Å². The number of amides is 1. The van der Waals surface area contributed by atoms with Crippen molar-refractivity contribution in [3.63, 3.8) is 0 Å². The summed E-state index contributed by atoms with van der Waals surface area (Å²) < 4.78 is 6.36. The van der Waals surface area contributed by atoms with Crippen molar-refractivity contribution in [1.82, 2.24) is 5.32 Å². The lowest BCUT2D eigenvalue weighted by Gasteiger charge is -2.10. The minimum Gasteiger partial charge on any atom is -0.494 e. The number of ether oxygens (including phenoxy) is 1. The molecule has 0 radical (unpaired) electrons. The summed E-state index contributed by atoms with van der Waals surface area (Å²) in [6.45, 7) is 2.55. The SMILES string of the molecule is CCOc1ccc(NC(=S)NC(=O)c2cccc(I)c2)cc1. The van der Waals surface area contributed by atoms with Crippen LogP contribution in [0.4, 0.5) is 5.69 Å². The van der Waals surface area contributed by atoms with E-state index in [9.17, 15) is 4.79 Å². The van der Waals surface area contributed by atoms with Gasteiger partial charge in [0.2, 0.25) is 0 Å². The molecular formula is C16H15IN2O2S. The Morgan fingerprint density at radius 3 is 2.59 bits per heavy atom. The molecule has 2 N–H and O–H groups in total. The Bertz CT molecular complexity index is 674. The summed E-state index contributed by atoms with van der Waals surface area (Å²) in [5, 5.41) is 5.88. The molecule has 0 aliphatic carbocycles. The quantitative estimate of drug-likeness (QED) is 0.577. The Labute approximate surface area is 148 Å². The number of thiocarbonyl (C=S) groups is 1. The first-order valence-corrected chi connectivity index (χ1v) is 8.18. The highest BCUT2D eigenvalue weighted by Gasteiger charge is 2.08. The molecule has 0 fully saturated rings. The number of rotatable bonds is 4. The summed E-state index contributed by atoms with van der Waals surface area (Å²) in [5.74, 6) is 0.559. The summed E-state index contributed by atoms with van der Waals surface area (Å²) in [4.78, 5) is 12.1. The van der Waals surface area contributed by atoms with Crippen molar-refractivity contribution in [3.05, 3.63) is 57.7 Å². The van der Waals surface area contributed by atoms with Crippen LogP contribution in [0.1, 0.15) is 17.3 Å². The molecular weight excluding hydrogens is 411 g/mol. The Morgan fingerprint density at radius 1 is 1.23 bits per heavy atom. The largest absolute Gasteiger partial charge is 0.494 e. The van der Waals surface area contributed by atoms with Crippen LogP contribution >= 0.6 is 34.8 Å². The molecule has 0 saturated carbocycles. The minimum atomic E-state index is -0.234. The van der Waals surface area contributed by atoms with Crippen LogP contribution < -0.4 is 15.4 Å². The fourth-order valence-electron chi connectivity index (χ4n) is 1.77. The highest BCUT2D eigenvalue weighted by Crippen LogP contribution is 2.15. The van der Waals surface area contributed by atoms with Gasteiger partial charge in [0.1, 0.15) is 5.75 Å². The molecule has 0 unspecified atom stereocenters. The molecule has 0 heterocycles. The van der Waals surface area contributed by atoms with Crippen LogP contribution in [-0.4, -0.2) is 17.6 Å². The molecule has 0 aliphatic rings. The van der Waals surface area contributed by atoms with Crippen molar-refractivity contribution in [2.75, 3.05) is 11.9 Å². The van der Waals surface area contributed by atoms with E-state index < -0.39 is 0 Å². The number of carbonyl (C=O) groups excluding carboxylic acids is 1. The second kappa shape index (κ2) is 8.09. The maximum Gasteiger partial charge on any atom is 0.257 e. The molecule has 22 heavy (non-hydrogen) atoms. The molecule has 114 valence electrons. The van der Waals surface area contributed by atoms with Crippen LogP contribution in [0, 0.1) is 3.57 Å². The predicted molar refractivity (Wildman–Crippen MR) is 100 cm³/mol. The summed E-state index contributed by atoms with van der Waals surface area (Å²) in [7, 11) is 0. The summed E-state index contributed by atoms with van der Waals surface area (Å²) >= 11 is 7.31. The molecule has 6 heteroatoms. The standard InChI is InChI=1S/C16H15IN2O2S/c1-2-21-14-8-6-13(7-9-14)18-16(22)19-15(20)11-4-3-5-12(17)10-11/h3-10H,2H2,1H3,(H2,18,19,20,22). The van der Waals surface area contributed by atoms with E-state index in [0.717, 1.165) is 15.0 Å². The van der Waals surface area contributed by atoms with Crippen LogP contribution in [0.5, 0.6) is 5.75 Å². The number of halogens is 1. The number of nitrogens with one attached hydrogen (secondary N) is 2. The molecule has 0 atom stereocenters. The van der Waals surface area contributed by atoms with Crippen LogP contribution in [0.3, 0.4) is 0 Å². The maximum absolute atomic E-state index is 12.1. The van der Waals surface area contributed by atoms with E-state index in [1.165, 1.54) is 0 Å². The van der Waals surface area contributed by atoms with Gasteiger partial charge in [-0.25, -0.2) is 0 Å². The van der Waals surface area contributed by atoms with Gasteiger partial charge >= 0.3 is 0 Å². The first-order chi connectivity index (χ1) is 10.6. The monoisotopic (exact) mass is 426 g/mol. The molecule has 1 amide bonds. The molecule has 4 nitrogen and oxygen atoms in total. The van der Waals surface area contributed by atoms with Gasteiger partial charge in [-0.15, -0.1) is 0 Å². The average molecular weight is 426 g/mol. The Morgan fingerprint density at radius 2 is 1.95 bits per heavy atom. The first-order valence-electron chi connectivity index (χ1n) is 6.69. The molecule has 0 spiro atoms. The van der Waals surface area contributed by atoms with Crippen molar-refractivity contribution in [3.8, 4) is 5.75 Å². The average Bonchev–Trinajstić information content (AvgIpc) is 2.49. The van der Waals surface area contributed by atoms with Gasteiger partial charge < -0.3 is 10.1 Å². The molecule has 0 bridgehead atoms. The van der Waals surface area contributed by atoms with Gasteiger partial charge in [0.05, 0.1) is 6.61 Å². The van der Waals surface area contributed by atoms with Gasteiger partial charge in [-0.2, -0.15) is 0 Å². The lowest BCUT2D eigenvalue weighted by Crippen LogP contribution is -2.34. The van der Waals surface area contributed by atoms with Gasteiger partial charge in [0.15, 0.2) is 5.11 Å². The smallest absolute Gasteiger partial charge is 0.257 e. The van der Waals surface area contributed by atoms with Gasteiger partial charge in [0.25, 0.3) is 5.91 Å². The zero-order valence-corrected chi connectivity index (χ0v) is 14.9. The van der Waals surface area contributed by atoms with E-state index in [-0.39, 0.29) is 11.0 Å². The maximum atomic E-state index is 12.1. The number of anilines is 1. The summed E-state index contributed by atoms with van der Waals surface area (Å²) in [6.07, 6.45) is 0. The second-order valence-electron chi connectivity index (χ2n) is 4.38. The van der Waals surface area contributed by atoms with E-state index in [1.807, 2.05) is 43.3 Å². The fraction of sp³-hybridized carbons (Fsp3) is 0.125. The van der Waals surface area contributed by atoms with Crippen molar-refractivity contribution in [2.45, 2.75) is 6.92 Å². The zero-order chi connectivity index (χ0) is 15.9. The molecule has 2 rings (SSSR count). The second-order valence-corrected chi connectivity index (χ2v) is 6.03. The van der Waals surface area contributed by atoms with E-state index in [4.69, 9.17) is 17.0 Å². The van der Waals surface area contributed by atoms with Crippen LogP contribution in [0.15, 0.2) is 48.5 Å². The molecule has 0 aromatic heterocycles. The first kappa shape index (κ1) is 16.7. The number of carbonyl (C=O) groups is 1. The van der Waals surface area contributed by atoms with Crippen molar-refractivity contribution >= 4 is 51.5 Å². The minimum absolute atomic E-state index is 0.234. The highest BCUT2D eigenvalue weighted by molar-refractivity contribution is 14.1. The van der Waals surface area contributed by atoms with Crippen LogP contribution in [0.25, 0.3) is 0 Å². The summed E-state index contributed by atoms with van der Waals surface area (Å²) in [5.41, 5.74) is 1.36. The Kier molecular flexibility index (Phi) is 6.14.